The Balaban J connectivity index is 1.92. The predicted octanol–water partition coefficient (Wildman–Crippen LogP) is 2.27. The van der Waals surface area contributed by atoms with E-state index in [0.717, 1.165) is 21.7 Å². The van der Waals surface area contributed by atoms with Gasteiger partial charge in [-0.3, -0.25) is 9.10 Å². The summed E-state index contributed by atoms with van der Waals surface area (Å²) < 4.78 is 36.1. The summed E-state index contributed by atoms with van der Waals surface area (Å²) in [4.78, 5) is 12.2. The van der Waals surface area contributed by atoms with E-state index in [1.807, 2.05) is 19.9 Å². The van der Waals surface area contributed by atoms with Crippen LogP contribution in [0.1, 0.15) is 11.1 Å². The largest absolute Gasteiger partial charge is 0.497 e. The molecule has 0 unspecified atom stereocenters. The normalized spacial score (nSPS) is 11.0. The van der Waals surface area contributed by atoms with E-state index in [1.54, 1.807) is 43.5 Å². The maximum Gasteiger partial charge on any atom is 0.240 e. The SMILES string of the molecule is COc1cccc(OCCNC(=O)CN(c2ccc(C)c(C)c2)S(C)(=O)=O)c1. The number of hydrogen-bond donors (Lipinski definition) is 1. The van der Waals surface area contributed by atoms with E-state index in [4.69, 9.17) is 9.47 Å². The number of nitrogens with zero attached hydrogens (tertiary/aromatic N) is 1. The van der Waals surface area contributed by atoms with Gasteiger partial charge in [-0.15, -0.1) is 0 Å². The van der Waals surface area contributed by atoms with Crippen molar-refractivity contribution in [1.29, 1.82) is 0 Å². The molecule has 0 saturated carbocycles. The molecule has 0 aliphatic heterocycles. The maximum absolute atomic E-state index is 12.2. The van der Waals surface area contributed by atoms with E-state index in [0.29, 0.717) is 17.2 Å². The molecule has 2 rings (SSSR count). The lowest BCUT2D eigenvalue weighted by Crippen LogP contribution is -2.41. The van der Waals surface area contributed by atoms with Crippen molar-refractivity contribution in [3.63, 3.8) is 0 Å². The molecule has 0 heterocycles. The molecule has 1 N–H and O–H groups in total. The van der Waals surface area contributed by atoms with Gasteiger partial charge in [0.05, 0.1) is 25.6 Å². The summed E-state index contributed by atoms with van der Waals surface area (Å²) in [6.45, 7) is 4.05. The fourth-order valence-corrected chi connectivity index (χ4v) is 3.37. The second-order valence-corrected chi connectivity index (χ2v) is 8.32. The Kier molecular flexibility index (Phi) is 7.28. The van der Waals surface area contributed by atoms with Crippen LogP contribution in [-0.4, -0.2) is 47.4 Å². The molecule has 0 saturated heterocycles. The van der Waals surface area contributed by atoms with Crippen molar-refractivity contribution in [2.75, 3.05) is 37.4 Å². The van der Waals surface area contributed by atoms with E-state index in [2.05, 4.69) is 5.32 Å². The lowest BCUT2D eigenvalue weighted by Gasteiger charge is -2.22. The van der Waals surface area contributed by atoms with Gasteiger partial charge in [0, 0.05) is 6.07 Å². The van der Waals surface area contributed by atoms with Crippen LogP contribution < -0.4 is 19.1 Å². The van der Waals surface area contributed by atoms with Crippen LogP contribution in [0.15, 0.2) is 42.5 Å². The number of rotatable bonds is 9. The Bertz CT molecular complexity index is 928. The molecule has 28 heavy (non-hydrogen) atoms. The lowest BCUT2D eigenvalue weighted by atomic mass is 10.1. The average Bonchev–Trinajstić information content (AvgIpc) is 2.65. The molecule has 0 aromatic heterocycles. The van der Waals surface area contributed by atoms with Crippen molar-refractivity contribution in [3.8, 4) is 11.5 Å². The molecule has 1 amide bonds. The summed E-state index contributed by atoms with van der Waals surface area (Å²) in [7, 11) is -2.02. The molecule has 7 nitrogen and oxygen atoms in total. The Morgan fingerprint density at radius 2 is 1.79 bits per heavy atom. The van der Waals surface area contributed by atoms with E-state index in [1.165, 1.54) is 0 Å². The zero-order chi connectivity index (χ0) is 20.7. The second kappa shape index (κ2) is 9.45. The quantitative estimate of drug-likeness (QED) is 0.646. The number of benzene rings is 2. The van der Waals surface area contributed by atoms with Crippen molar-refractivity contribution in [2.24, 2.45) is 0 Å². The van der Waals surface area contributed by atoms with Crippen LogP contribution in [0.5, 0.6) is 11.5 Å². The van der Waals surface area contributed by atoms with Gasteiger partial charge in [0.25, 0.3) is 0 Å². The number of nitrogens with one attached hydrogen (secondary N) is 1. The van der Waals surface area contributed by atoms with E-state index < -0.39 is 15.9 Å². The van der Waals surface area contributed by atoms with Gasteiger partial charge in [-0.1, -0.05) is 12.1 Å². The van der Waals surface area contributed by atoms with Crippen molar-refractivity contribution in [2.45, 2.75) is 13.8 Å². The minimum atomic E-state index is -3.60. The highest BCUT2D eigenvalue weighted by Gasteiger charge is 2.21. The van der Waals surface area contributed by atoms with Crippen LogP contribution in [0, 0.1) is 13.8 Å². The first-order valence-electron chi connectivity index (χ1n) is 8.79. The average molecular weight is 407 g/mol. The molecule has 0 atom stereocenters. The molecular weight excluding hydrogens is 380 g/mol. The van der Waals surface area contributed by atoms with Gasteiger partial charge in [-0.25, -0.2) is 8.42 Å². The zero-order valence-corrected chi connectivity index (χ0v) is 17.4. The van der Waals surface area contributed by atoms with Crippen molar-refractivity contribution in [3.05, 3.63) is 53.6 Å². The fraction of sp³-hybridized carbons (Fsp3) is 0.350. The molecule has 2 aromatic rings. The van der Waals surface area contributed by atoms with Crippen LogP contribution in [0.3, 0.4) is 0 Å². The summed E-state index contributed by atoms with van der Waals surface area (Å²) in [5, 5.41) is 2.68. The Morgan fingerprint density at radius 3 is 2.43 bits per heavy atom. The Hall–Kier alpha value is -2.74. The molecule has 2 aromatic carbocycles. The minimum absolute atomic E-state index is 0.251. The van der Waals surface area contributed by atoms with Crippen molar-refractivity contribution >= 4 is 21.6 Å². The van der Waals surface area contributed by atoms with Crippen LogP contribution in [0.4, 0.5) is 5.69 Å². The Morgan fingerprint density at radius 1 is 1.07 bits per heavy atom. The van der Waals surface area contributed by atoms with Gasteiger partial charge in [0.15, 0.2) is 0 Å². The highest BCUT2D eigenvalue weighted by Crippen LogP contribution is 2.21. The Labute approximate surface area is 166 Å². The number of carbonyl (C=O) groups is 1. The zero-order valence-electron chi connectivity index (χ0n) is 16.6. The number of aryl methyl sites for hydroxylation is 2. The molecule has 0 aliphatic rings. The van der Waals surface area contributed by atoms with Crippen molar-refractivity contribution < 1.29 is 22.7 Å². The molecule has 0 bridgehead atoms. The highest BCUT2D eigenvalue weighted by atomic mass is 32.2. The van der Waals surface area contributed by atoms with Crippen LogP contribution in [0.25, 0.3) is 0 Å². The summed E-state index contributed by atoms with van der Waals surface area (Å²) in [5.41, 5.74) is 2.47. The van der Waals surface area contributed by atoms with Gasteiger partial charge in [0.1, 0.15) is 24.7 Å². The summed E-state index contributed by atoms with van der Waals surface area (Å²) in [6, 6.07) is 12.4. The first-order chi connectivity index (χ1) is 13.2. The number of sulfonamides is 1. The molecular formula is C20H26N2O5S. The molecule has 8 heteroatoms. The minimum Gasteiger partial charge on any atom is -0.497 e. The number of methoxy groups -OCH3 is 1. The molecule has 152 valence electrons. The van der Waals surface area contributed by atoms with Gasteiger partial charge in [-0.05, 0) is 49.2 Å². The van der Waals surface area contributed by atoms with Crippen LogP contribution in [0.2, 0.25) is 0 Å². The number of hydrogen-bond acceptors (Lipinski definition) is 5. The number of amides is 1. The molecule has 0 fully saturated rings. The summed E-state index contributed by atoms with van der Waals surface area (Å²) >= 11 is 0. The smallest absolute Gasteiger partial charge is 0.240 e. The van der Waals surface area contributed by atoms with Crippen molar-refractivity contribution in [1.82, 2.24) is 5.32 Å². The molecule has 0 radical (unpaired) electrons. The van der Waals surface area contributed by atoms with E-state index >= 15 is 0 Å². The topological polar surface area (TPSA) is 84.9 Å². The third-order valence-corrected chi connectivity index (χ3v) is 5.34. The third-order valence-electron chi connectivity index (χ3n) is 4.20. The predicted molar refractivity (Wildman–Crippen MR) is 110 cm³/mol. The second-order valence-electron chi connectivity index (χ2n) is 6.42. The van der Waals surface area contributed by atoms with Gasteiger partial charge >= 0.3 is 0 Å². The third kappa shape index (κ3) is 6.16. The summed E-state index contributed by atoms with van der Waals surface area (Å²) in [6.07, 6.45) is 1.08. The number of anilines is 1. The lowest BCUT2D eigenvalue weighted by molar-refractivity contribution is -0.119. The molecule has 0 aliphatic carbocycles. The standard InChI is InChI=1S/C20H26N2O5S/c1-15-8-9-17(12-16(15)2)22(28(4,24)25)14-20(23)21-10-11-27-19-7-5-6-18(13-19)26-3/h5-9,12-13H,10-11,14H2,1-4H3,(H,21,23). The molecule has 0 spiro atoms. The summed E-state index contributed by atoms with van der Waals surface area (Å²) in [5.74, 6) is 0.901. The number of ether oxygens (including phenoxy) is 2. The van der Waals surface area contributed by atoms with E-state index in [9.17, 15) is 13.2 Å². The first-order valence-corrected chi connectivity index (χ1v) is 10.6. The van der Waals surface area contributed by atoms with Crippen LogP contribution >= 0.6 is 0 Å². The van der Waals surface area contributed by atoms with Crippen LogP contribution in [-0.2, 0) is 14.8 Å². The fourth-order valence-electron chi connectivity index (χ4n) is 2.52. The van der Waals surface area contributed by atoms with Gasteiger partial charge in [0.2, 0.25) is 15.9 Å². The van der Waals surface area contributed by atoms with E-state index in [-0.39, 0.29) is 19.7 Å². The number of carbonyl (C=O) groups excluding carboxylic acids is 1. The highest BCUT2D eigenvalue weighted by molar-refractivity contribution is 7.92. The monoisotopic (exact) mass is 406 g/mol. The van der Waals surface area contributed by atoms with Gasteiger partial charge < -0.3 is 14.8 Å². The maximum atomic E-state index is 12.2. The first kappa shape index (κ1) is 21.6. The van der Waals surface area contributed by atoms with Gasteiger partial charge in [-0.2, -0.15) is 0 Å².